The Balaban J connectivity index is 1.47. The Morgan fingerprint density at radius 2 is 1.90 bits per heavy atom. The summed E-state index contributed by atoms with van der Waals surface area (Å²) in [5.74, 6) is 0. The zero-order valence-corrected chi connectivity index (χ0v) is 24.1. The number of nitriles is 1. The monoisotopic (exact) mass is 592 g/mol. The molecule has 5 heterocycles. The smallest absolute Gasteiger partial charge is 0.332 e. The Kier molecular flexibility index (Phi) is 7.05. The van der Waals surface area contributed by atoms with Gasteiger partial charge in [-0.2, -0.15) is 5.26 Å². The molecule has 0 saturated carbocycles. The van der Waals surface area contributed by atoms with Gasteiger partial charge in [0.25, 0.3) is 5.56 Å². The maximum Gasteiger partial charge on any atom is 0.332 e. The fraction of sp³-hybridized carbons (Fsp3) is 0.310. The van der Waals surface area contributed by atoms with E-state index in [-0.39, 0.29) is 11.7 Å². The van der Waals surface area contributed by atoms with Crippen LogP contribution in [-0.4, -0.2) is 31.8 Å². The lowest BCUT2D eigenvalue weighted by Gasteiger charge is -2.32. The third-order valence-corrected chi connectivity index (χ3v) is 9.38. The van der Waals surface area contributed by atoms with Crippen molar-refractivity contribution in [3.8, 4) is 17.2 Å². The number of aromatic nitrogens is 4. The van der Waals surface area contributed by atoms with Crippen LogP contribution in [0.3, 0.4) is 0 Å². The van der Waals surface area contributed by atoms with Crippen LogP contribution in [0.1, 0.15) is 24.6 Å². The van der Waals surface area contributed by atoms with E-state index in [1.54, 1.807) is 6.20 Å². The van der Waals surface area contributed by atoms with Crippen molar-refractivity contribution in [2.24, 2.45) is 5.41 Å². The van der Waals surface area contributed by atoms with Crippen LogP contribution in [0, 0.1) is 16.7 Å². The van der Waals surface area contributed by atoms with Crippen molar-refractivity contribution in [3.63, 3.8) is 0 Å². The van der Waals surface area contributed by atoms with E-state index < -0.39 is 16.7 Å². The fourth-order valence-corrected chi connectivity index (χ4v) is 7.28. The molecule has 0 radical (unpaired) electrons. The van der Waals surface area contributed by atoms with Gasteiger partial charge in [0.1, 0.15) is 5.15 Å². The van der Waals surface area contributed by atoms with E-state index in [0.29, 0.717) is 18.1 Å². The van der Waals surface area contributed by atoms with E-state index in [0.717, 1.165) is 63.1 Å². The molecule has 5 aromatic rings. The van der Waals surface area contributed by atoms with Crippen LogP contribution in [-0.2, 0) is 19.6 Å². The van der Waals surface area contributed by atoms with Crippen molar-refractivity contribution in [1.82, 2.24) is 24.0 Å². The Bertz CT molecular complexity index is 1920. The summed E-state index contributed by atoms with van der Waals surface area (Å²) in [6.07, 6.45) is 5.39. The first-order chi connectivity index (χ1) is 19.3. The van der Waals surface area contributed by atoms with E-state index in [4.69, 9.17) is 23.2 Å². The van der Waals surface area contributed by atoms with Crippen LogP contribution in [0.2, 0.25) is 10.2 Å². The summed E-state index contributed by atoms with van der Waals surface area (Å²) in [5, 5.41) is 15.2. The van der Waals surface area contributed by atoms with Gasteiger partial charge in [-0.3, -0.25) is 18.9 Å². The molecule has 0 aliphatic carbocycles. The molecule has 0 spiro atoms. The summed E-state index contributed by atoms with van der Waals surface area (Å²) < 4.78 is 5.68. The maximum absolute atomic E-state index is 12.9. The molecule has 1 saturated heterocycles. The van der Waals surface area contributed by atoms with Gasteiger partial charge in [0.2, 0.25) is 0 Å². The predicted molar refractivity (Wildman–Crippen MR) is 160 cm³/mol. The fourth-order valence-electron chi connectivity index (χ4n) is 5.64. The molecule has 1 fully saturated rings. The Hall–Kier alpha value is -3.42. The third-order valence-electron chi connectivity index (χ3n) is 7.71. The van der Waals surface area contributed by atoms with Crippen LogP contribution in [0.4, 0.5) is 0 Å². The highest BCUT2D eigenvalue weighted by atomic mass is 35.5. The predicted octanol–water partition coefficient (Wildman–Crippen LogP) is 5.51. The van der Waals surface area contributed by atoms with Crippen LogP contribution in [0.5, 0.6) is 0 Å². The zero-order chi connectivity index (χ0) is 28.0. The lowest BCUT2D eigenvalue weighted by atomic mass is 9.80. The number of halogens is 2. The van der Waals surface area contributed by atoms with Crippen molar-refractivity contribution < 1.29 is 0 Å². The molecular weight excluding hydrogens is 567 g/mol. The van der Waals surface area contributed by atoms with Gasteiger partial charge in [-0.1, -0.05) is 23.2 Å². The Morgan fingerprint density at radius 3 is 2.65 bits per heavy atom. The first-order valence-electron chi connectivity index (χ1n) is 13.1. The summed E-state index contributed by atoms with van der Waals surface area (Å²) in [5.41, 5.74) is 2.38. The minimum absolute atomic E-state index is 0.120. The molecule has 1 aliphatic heterocycles. The standard InChI is InChI=1S/C29H26Cl2N6O2S/c1-2-36-24(31)14-25(38)37(28(36)39)15-20-13-23-27(40-20)21(3-7-34-23)22-12-19(30)11-18-4-10-35(26(18)22)17-29(16-32)5-8-33-9-6-29/h3-4,7,10-14,33H,2,5-6,8-9,15,17H2,1H3. The summed E-state index contributed by atoms with van der Waals surface area (Å²) in [6, 6.07) is 13.7. The van der Waals surface area contributed by atoms with Crippen LogP contribution in [0.15, 0.2) is 58.4 Å². The van der Waals surface area contributed by atoms with E-state index >= 15 is 0 Å². The molecule has 0 atom stereocenters. The van der Waals surface area contributed by atoms with E-state index in [9.17, 15) is 14.9 Å². The van der Waals surface area contributed by atoms with E-state index in [2.05, 4.69) is 20.9 Å². The van der Waals surface area contributed by atoms with Crippen molar-refractivity contribution in [2.45, 2.75) is 39.4 Å². The van der Waals surface area contributed by atoms with Gasteiger partial charge in [-0.15, -0.1) is 11.3 Å². The van der Waals surface area contributed by atoms with Gasteiger partial charge in [-0.05, 0) is 63.2 Å². The number of benzene rings is 1. The topological polar surface area (TPSA) is 97.6 Å². The summed E-state index contributed by atoms with van der Waals surface area (Å²) >= 11 is 14.2. The first-order valence-corrected chi connectivity index (χ1v) is 14.7. The molecule has 0 amide bonds. The van der Waals surface area contributed by atoms with E-state index in [1.165, 1.54) is 26.5 Å². The molecule has 8 nitrogen and oxygen atoms in total. The molecule has 40 heavy (non-hydrogen) atoms. The quantitative estimate of drug-likeness (QED) is 0.262. The summed E-state index contributed by atoms with van der Waals surface area (Å²) in [6.45, 7) is 4.54. The molecule has 204 valence electrons. The minimum Gasteiger partial charge on any atom is -0.345 e. The average molecular weight is 594 g/mol. The molecule has 0 bridgehead atoms. The highest BCUT2D eigenvalue weighted by Crippen LogP contribution is 2.40. The Labute approximate surface area is 244 Å². The van der Waals surface area contributed by atoms with Crippen molar-refractivity contribution >= 4 is 55.7 Å². The number of fused-ring (bicyclic) bond motifs is 2. The van der Waals surface area contributed by atoms with Gasteiger partial charge < -0.3 is 9.88 Å². The van der Waals surface area contributed by atoms with Crippen molar-refractivity contribution in [3.05, 3.63) is 84.7 Å². The highest BCUT2D eigenvalue weighted by Gasteiger charge is 2.33. The van der Waals surface area contributed by atoms with Crippen molar-refractivity contribution in [2.75, 3.05) is 13.1 Å². The van der Waals surface area contributed by atoms with Gasteiger partial charge in [0, 0.05) is 58.0 Å². The second-order valence-electron chi connectivity index (χ2n) is 10.2. The van der Waals surface area contributed by atoms with Gasteiger partial charge in [0.05, 0.1) is 33.8 Å². The number of rotatable bonds is 6. The highest BCUT2D eigenvalue weighted by molar-refractivity contribution is 7.19. The number of thiophene rings is 1. The van der Waals surface area contributed by atoms with Gasteiger partial charge in [0.15, 0.2) is 0 Å². The molecule has 11 heteroatoms. The lowest BCUT2D eigenvalue weighted by molar-refractivity contribution is 0.247. The normalized spacial score (nSPS) is 15.1. The first kappa shape index (κ1) is 26.8. The molecule has 4 aromatic heterocycles. The maximum atomic E-state index is 12.9. The summed E-state index contributed by atoms with van der Waals surface area (Å²) in [7, 11) is 0. The second-order valence-corrected chi connectivity index (χ2v) is 12.1. The third kappa shape index (κ3) is 4.65. The molecular formula is C29H26Cl2N6O2S. The zero-order valence-electron chi connectivity index (χ0n) is 21.8. The lowest BCUT2D eigenvalue weighted by Crippen LogP contribution is -2.39. The number of piperidine rings is 1. The molecule has 1 aliphatic rings. The van der Waals surface area contributed by atoms with Gasteiger partial charge in [-0.25, -0.2) is 4.79 Å². The van der Waals surface area contributed by atoms with Crippen molar-refractivity contribution in [1.29, 1.82) is 5.26 Å². The molecule has 0 unspecified atom stereocenters. The molecule has 1 aromatic carbocycles. The SMILES string of the molecule is CCn1c(Cl)cc(=O)n(Cc2cc3nccc(-c4cc(Cl)cc5ccn(CC6(C#N)CCNCC6)c45)c3s2)c1=O. The van der Waals surface area contributed by atoms with E-state index in [1.807, 2.05) is 43.5 Å². The number of hydrogen-bond donors (Lipinski definition) is 1. The largest absolute Gasteiger partial charge is 0.345 e. The van der Waals surface area contributed by atoms with Crippen LogP contribution < -0.4 is 16.6 Å². The molecule has 1 N–H and O–H groups in total. The summed E-state index contributed by atoms with van der Waals surface area (Å²) in [4.78, 5) is 31.0. The molecule has 6 rings (SSSR count). The van der Waals surface area contributed by atoms with Crippen LogP contribution >= 0.6 is 34.5 Å². The number of pyridine rings is 1. The number of nitrogens with zero attached hydrogens (tertiary/aromatic N) is 5. The average Bonchev–Trinajstić information content (AvgIpc) is 3.54. The minimum atomic E-state index is -0.441. The van der Waals surface area contributed by atoms with Crippen LogP contribution in [0.25, 0.3) is 32.2 Å². The second kappa shape index (κ2) is 10.5. The van der Waals surface area contributed by atoms with Gasteiger partial charge >= 0.3 is 5.69 Å². The Morgan fingerprint density at radius 1 is 1.10 bits per heavy atom. The number of nitrogens with one attached hydrogen (secondary N) is 1. The number of hydrogen-bond acceptors (Lipinski definition) is 6.